The minimum Gasteiger partial charge on any atom is -0.495 e. The lowest BCUT2D eigenvalue weighted by Gasteiger charge is -2.10. The highest BCUT2D eigenvalue weighted by Gasteiger charge is 2.09. The number of nitrogens with two attached hydrogens (primary N) is 1. The summed E-state index contributed by atoms with van der Waals surface area (Å²) in [6, 6.07) is 13.4. The zero-order valence-electron chi connectivity index (χ0n) is 16.6. The van der Waals surface area contributed by atoms with E-state index in [9.17, 15) is 4.79 Å². The highest BCUT2D eigenvalue weighted by molar-refractivity contribution is 6.37. The van der Waals surface area contributed by atoms with Gasteiger partial charge in [0.2, 0.25) is 0 Å². The van der Waals surface area contributed by atoms with Gasteiger partial charge in [-0.2, -0.15) is 0 Å². The van der Waals surface area contributed by atoms with Crippen LogP contribution in [0, 0.1) is 13.8 Å². The van der Waals surface area contributed by atoms with Gasteiger partial charge in [-0.1, -0.05) is 18.2 Å². The van der Waals surface area contributed by atoms with Crippen molar-refractivity contribution in [1.29, 1.82) is 0 Å². The molecule has 3 rings (SSSR count). The van der Waals surface area contributed by atoms with Gasteiger partial charge in [-0.3, -0.25) is 9.78 Å². The monoisotopic (exact) mass is 389 g/mol. The third kappa shape index (κ3) is 5.16. The van der Waals surface area contributed by atoms with E-state index in [0.717, 1.165) is 27.9 Å². The number of rotatable bonds is 5. The number of aromatic nitrogens is 2. The number of ether oxygens (including phenoxy) is 1. The van der Waals surface area contributed by atoms with Crippen molar-refractivity contribution in [2.75, 3.05) is 7.11 Å². The van der Waals surface area contributed by atoms with Crippen LogP contribution >= 0.6 is 0 Å². The maximum absolute atomic E-state index is 12.2. The van der Waals surface area contributed by atoms with E-state index >= 15 is 0 Å². The fourth-order valence-electron chi connectivity index (χ4n) is 2.88. The molecule has 0 saturated carbocycles. The first-order valence-electron chi connectivity index (χ1n) is 9.11. The number of benzene rings is 1. The second-order valence-electron chi connectivity index (χ2n) is 6.57. The van der Waals surface area contributed by atoms with Crippen molar-refractivity contribution in [1.82, 2.24) is 15.3 Å². The van der Waals surface area contributed by atoms with Gasteiger partial charge in [0.25, 0.3) is 5.91 Å². The average Bonchev–Trinajstić information content (AvgIpc) is 2.72. The molecule has 2 aromatic heterocycles. The number of hydrogen-bond donors (Lipinski definition) is 2. The normalized spacial score (nSPS) is 11.2. The largest absolute Gasteiger partial charge is 0.495 e. The number of aryl methyl sites for hydroxylation is 2. The number of hydrogen-bond acceptors (Lipinski definition) is 5. The highest BCUT2D eigenvalue weighted by Crippen LogP contribution is 2.24. The standard InChI is InChI=1S/C22H23N5O2/c1-14-10-16(4-6-19(14)17-8-9-24-15(2)11-17)12-26-22(28)21(23)27-20-7-5-18(29-3)13-25-20/h4-11,13H,12H2,1-3H3,(H,26,28)(H2,23,25,27). The highest BCUT2D eigenvalue weighted by atomic mass is 16.5. The molecule has 7 nitrogen and oxygen atoms in total. The molecule has 2 heterocycles. The Labute approximate surface area is 169 Å². The van der Waals surface area contributed by atoms with Crippen LogP contribution in [0.5, 0.6) is 5.75 Å². The lowest BCUT2D eigenvalue weighted by atomic mass is 9.98. The van der Waals surface area contributed by atoms with E-state index < -0.39 is 5.91 Å². The molecule has 0 atom stereocenters. The predicted octanol–water partition coefficient (Wildman–Crippen LogP) is 3.07. The minimum absolute atomic E-state index is 0.150. The summed E-state index contributed by atoms with van der Waals surface area (Å²) in [5.41, 5.74) is 11.1. The predicted molar refractivity (Wildman–Crippen MR) is 113 cm³/mol. The Kier molecular flexibility index (Phi) is 6.19. The second-order valence-corrected chi connectivity index (χ2v) is 6.57. The van der Waals surface area contributed by atoms with Crippen LogP contribution in [0.3, 0.4) is 0 Å². The third-order valence-electron chi connectivity index (χ3n) is 4.38. The molecule has 0 radical (unpaired) electrons. The Balaban J connectivity index is 1.65. The molecular formula is C22H23N5O2. The molecule has 0 aliphatic heterocycles. The van der Waals surface area contributed by atoms with Gasteiger partial charge in [0.1, 0.15) is 5.75 Å². The second kappa shape index (κ2) is 8.97. The molecule has 29 heavy (non-hydrogen) atoms. The van der Waals surface area contributed by atoms with E-state index in [-0.39, 0.29) is 5.84 Å². The van der Waals surface area contributed by atoms with Crippen LogP contribution in [-0.2, 0) is 11.3 Å². The van der Waals surface area contributed by atoms with Crippen molar-refractivity contribution in [3.8, 4) is 16.9 Å². The number of amidine groups is 1. The summed E-state index contributed by atoms with van der Waals surface area (Å²) in [4.78, 5) is 24.6. The Morgan fingerprint density at radius 1 is 1.14 bits per heavy atom. The SMILES string of the molecule is COc1ccc(N=C(N)C(=O)NCc2ccc(-c3ccnc(C)c3)c(C)c2)nc1. The zero-order valence-corrected chi connectivity index (χ0v) is 16.6. The zero-order chi connectivity index (χ0) is 20.8. The molecule has 7 heteroatoms. The molecule has 0 aliphatic rings. The number of amides is 1. The maximum atomic E-state index is 12.2. The van der Waals surface area contributed by atoms with Crippen LogP contribution in [0.4, 0.5) is 5.82 Å². The van der Waals surface area contributed by atoms with Gasteiger partial charge in [0.15, 0.2) is 11.7 Å². The molecule has 148 valence electrons. The molecule has 0 fully saturated rings. The first kappa shape index (κ1) is 20.0. The Hall–Kier alpha value is -3.74. The molecule has 0 saturated heterocycles. The summed E-state index contributed by atoms with van der Waals surface area (Å²) in [6.07, 6.45) is 3.32. The summed E-state index contributed by atoms with van der Waals surface area (Å²) < 4.78 is 5.04. The van der Waals surface area contributed by atoms with Crippen LogP contribution in [0.25, 0.3) is 11.1 Å². The number of nitrogens with one attached hydrogen (secondary N) is 1. The van der Waals surface area contributed by atoms with Crippen LogP contribution in [0.2, 0.25) is 0 Å². The number of carbonyl (C=O) groups excluding carboxylic acids is 1. The smallest absolute Gasteiger partial charge is 0.286 e. The molecule has 0 unspecified atom stereocenters. The molecule has 1 amide bonds. The van der Waals surface area contributed by atoms with Gasteiger partial charge in [-0.05, 0) is 60.4 Å². The van der Waals surface area contributed by atoms with Crippen LogP contribution in [-0.4, -0.2) is 28.8 Å². The molecule has 0 aliphatic carbocycles. The number of nitrogens with zero attached hydrogens (tertiary/aromatic N) is 3. The Bertz CT molecular complexity index is 1050. The van der Waals surface area contributed by atoms with E-state index in [4.69, 9.17) is 10.5 Å². The first-order chi connectivity index (χ1) is 14.0. The fourth-order valence-corrected chi connectivity index (χ4v) is 2.88. The van der Waals surface area contributed by atoms with E-state index in [1.807, 2.05) is 44.2 Å². The topological polar surface area (TPSA) is 102 Å². The van der Waals surface area contributed by atoms with Gasteiger partial charge in [0.05, 0.1) is 13.3 Å². The quantitative estimate of drug-likeness (QED) is 0.516. The maximum Gasteiger partial charge on any atom is 0.286 e. The van der Waals surface area contributed by atoms with E-state index in [1.54, 1.807) is 25.4 Å². The van der Waals surface area contributed by atoms with Crippen LogP contribution in [0.15, 0.2) is 59.9 Å². The van der Waals surface area contributed by atoms with Crippen molar-refractivity contribution in [3.05, 3.63) is 71.7 Å². The summed E-state index contributed by atoms with van der Waals surface area (Å²) in [5.74, 6) is 0.344. The summed E-state index contributed by atoms with van der Waals surface area (Å²) >= 11 is 0. The summed E-state index contributed by atoms with van der Waals surface area (Å²) in [7, 11) is 1.55. The van der Waals surface area contributed by atoms with Crippen molar-refractivity contribution in [2.24, 2.45) is 10.7 Å². The number of methoxy groups -OCH3 is 1. The molecule has 3 N–H and O–H groups in total. The molecule has 1 aromatic carbocycles. The molecule has 0 spiro atoms. The fraction of sp³-hybridized carbons (Fsp3) is 0.182. The number of aliphatic imine (C=N–C) groups is 1. The van der Waals surface area contributed by atoms with E-state index in [2.05, 4.69) is 20.3 Å². The van der Waals surface area contributed by atoms with Gasteiger partial charge in [-0.25, -0.2) is 9.98 Å². The van der Waals surface area contributed by atoms with Gasteiger partial charge in [-0.15, -0.1) is 0 Å². The van der Waals surface area contributed by atoms with Crippen molar-refractivity contribution in [3.63, 3.8) is 0 Å². The van der Waals surface area contributed by atoms with Gasteiger partial charge < -0.3 is 15.8 Å². The lowest BCUT2D eigenvalue weighted by Crippen LogP contribution is -2.35. The molecule has 3 aromatic rings. The lowest BCUT2D eigenvalue weighted by molar-refractivity contribution is -0.115. The molecule has 0 bridgehead atoms. The van der Waals surface area contributed by atoms with Crippen molar-refractivity contribution < 1.29 is 9.53 Å². The minimum atomic E-state index is -0.450. The van der Waals surface area contributed by atoms with Crippen molar-refractivity contribution in [2.45, 2.75) is 20.4 Å². The Morgan fingerprint density at radius 3 is 2.62 bits per heavy atom. The number of pyridine rings is 2. The number of carbonyl (C=O) groups is 1. The first-order valence-corrected chi connectivity index (χ1v) is 9.11. The van der Waals surface area contributed by atoms with Gasteiger partial charge in [0, 0.05) is 18.4 Å². The summed E-state index contributed by atoms with van der Waals surface area (Å²) in [6.45, 7) is 4.36. The average molecular weight is 389 g/mol. The summed E-state index contributed by atoms with van der Waals surface area (Å²) in [5, 5.41) is 2.78. The third-order valence-corrected chi connectivity index (χ3v) is 4.38. The van der Waals surface area contributed by atoms with Gasteiger partial charge >= 0.3 is 0 Å². The van der Waals surface area contributed by atoms with Crippen LogP contribution < -0.4 is 15.8 Å². The molecular weight excluding hydrogens is 366 g/mol. The van der Waals surface area contributed by atoms with E-state index in [1.165, 1.54) is 6.20 Å². The van der Waals surface area contributed by atoms with Crippen molar-refractivity contribution >= 4 is 17.6 Å². The van der Waals surface area contributed by atoms with E-state index in [0.29, 0.717) is 18.1 Å². The van der Waals surface area contributed by atoms with Crippen LogP contribution in [0.1, 0.15) is 16.8 Å². The Morgan fingerprint density at radius 2 is 1.97 bits per heavy atom.